The average Bonchev–Trinajstić information content (AvgIpc) is 3.27. The number of benzene rings is 2. The van der Waals surface area contributed by atoms with E-state index in [1.165, 1.54) is 10.2 Å². The third-order valence-corrected chi connectivity index (χ3v) is 5.62. The first-order chi connectivity index (χ1) is 15.9. The number of rotatable bonds is 7. The molecular weight excluding hydrogens is 457 g/mol. The SMILES string of the molecule is CC(C)Cc1ccc(-c2ccc(Cl)c(C(=O)NCc3cn(-c4cc(Cl)ccn4)nn3)c2)cc1. The fourth-order valence-electron chi connectivity index (χ4n) is 3.46. The summed E-state index contributed by atoms with van der Waals surface area (Å²) in [4.78, 5) is 17.0. The van der Waals surface area contributed by atoms with Gasteiger partial charge in [-0.2, -0.15) is 0 Å². The van der Waals surface area contributed by atoms with Gasteiger partial charge in [-0.1, -0.05) is 72.6 Å². The Kier molecular flexibility index (Phi) is 7.06. The molecule has 33 heavy (non-hydrogen) atoms. The third kappa shape index (κ3) is 5.78. The van der Waals surface area contributed by atoms with Crippen LogP contribution >= 0.6 is 23.2 Å². The minimum Gasteiger partial charge on any atom is -0.346 e. The first-order valence-electron chi connectivity index (χ1n) is 10.6. The van der Waals surface area contributed by atoms with Gasteiger partial charge >= 0.3 is 0 Å². The Hall–Kier alpha value is -3.22. The summed E-state index contributed by atoms with van der Waals surface area (Å²) >= 11 is 12.3. The maximum atomic E-state index is 12.8. The number of nitrogens with one attached hydrogen (secondary N) is 1. The third-order valence-electron chi connectivity index (χ3n) is 5.06. The first-order valence-corrected chi connectivity index (χ1v) is 11.3. The number of carbonyl (C=O) groups excluding carboxylic acids is 1. The van der Waals surface area contributed by atoms with Crippen molar-refractivity contribution in [3.63, 3.8) is 0 Å². The van der Waals surface area contributed by atoms with Crippen LogP contribution in [-0.2, 0) is 13.0 Å². The molecule has 0 aliphatic rings. The lowest BCUT2D eigenvalue weighted by Gasteiger charge is -2.10. The molecule has 2 aromatic heterocycles. The van der Waals surface area contributed by atoms with E-state index in [1.54, 1.807) is 30.6 Å². The van der Waals surface area contributed by atoms with Gasteiger partial charge in [0, 0.05) is 17.3 Å². The van der Waals surface area contributed by atoms with Crippen LogP contribution < -0.4 is 5.32 Å². The number of halogens is 2. The normalized spacial score (nSPS) is 11.1. The summed E-state index contributed by atoms with van der Waals surface area (Å²) in [6.07, 6.45) is 4.32. The lowest BCUT2D eigenvalue weighted by molar-refractivity contribution is 0.0950. The van der Waals surface area contributed by atoms with Crippen LogP contribution in [0.15, 0.2) is 67.0 Å². The van der Waals surface area contributed by atoms with Crippen molar-refractivity contribution in [2.75, 3.05) is 0 Å². The standard InChI is InChI=1S/C25H23Cl2N5O/c1-16(2)11-17-3-5-18(6-4-17)19-7-8-23(27)22(12-19)25(33)29-14-21-15-32(31-30-21)24-13-20(26)9-10-28-24/h3-10,12-13,15-16H,11,14H2,1-2H3,(H,29,33). The smallest absolute Gasteiger partial charge is 0.253 e. The molecule has 1 amide bonds. The van der Waals surface area contributed by atoms with Crippen LogP contribution in [0.1, 0.15) is 35.5 Å². The monoisotopic (exact) mass is 479 g/mol. The quantitative estimate of drug-likeness (QED) is 0.365. The van der Waals surface area contributed by atoms with Crippen LogP contribution in [0.5, 0.6) is 0 Å². The second-order valence-electron chi connectivity index (χ2n) is 8.16. The van der Waals surface area contributed by atoms with E-state index in [9.17, 15) is 4.79 Å². The number of aromatic nitrogens is 4. The van der Waals surface area contributed by atoms with Gasteiger partial charge in [0.1, 0.15) is 5.69 Å². The highest BCUT2D eigenvalue weighted by Crippen LogP contribution is 2.26. The maximum Gasteiger partial charge on any atom is 0.253 e. The van der Waals surface area contributed by atoms with E-state index >= 15 is 0 Å². The summed E-state index contributed by atoms with van der Waals surface area (Å²) < 4.78 is 1.50. The molecule has 0 atom stereocenters. The minimum atomic E-state index is -0.284. The summed E-state index contributed by atoms with van der Waals surface area (Å²) in [7, 11) is 0. The second kappa shape index (κ2) is 10.1. The summed E-state index contributed by atoms with van der Waals surface area (Å²) in [5, 5.41) is 11.9. The number of amides is 1. The molecule has 0 unspecified atom stereocenters. The van der Waals surface area contributed by atoms with Crippen LogP contribution in [0.25, 0.3) is 16.9 Å². The highest BCUT2D eigenvalue weighted by Gasteiger charge is 2.13. The predicted molar refractivity (Wildman–Crippen MR) is 131 cm³/mol. The van der Waals surface area contributed by atoms with Crippen molar-refractivity contribution < 1.29 is 4.79 Å². The molecule has 0 aliphatic heterocycles. The van der Waals surface area contributed by atoms with Crippen molar-refractivity contribution in [1.82, 2.24) is 25.3 Å². The van der Waals surface area contributed by atoms with Gasteiger partial charge in [0.05, 0.1) is 23.3 Å². The molecule has 8 heteroatoms. The zero-order chi connectivity index (χ0) is 23.4. The first kappa shape index (κ1) is 23.0. The fraction of sp³-hybridized carbons (Fsp3) is 0.200. The highest BCUT2D eigenvalue weighted by atomic mass is 35.5. The summed E-state index contributed by atoms with van der Waals surface area (Å²) in [6.45, 7) is 4.60. The number of hydrogen-bond acceptors (Lipinski definition) is 4. The lowest BCUT2D eigenvalue weighted by atomic mass is 9.98. The van der Waals surface area contributed by atoms with Crippen molar-refractivity contribution in [1.29, 1.82) is 0 Å². The fourth-order valence-corrected chi connectivity index (χ4v) is 3.82. The van der Waals surface area contributed by atoms with E-state index in [1.807, 2.05) is 12.1 Å². The summed E-state index contributed by atoms with van der Waals surface area (Å²) in [6, 6.07) is 17.2. The van der Waals surface area contributed by atoms with Crippen molar-refractivity contribution in [2.24, 2.45) is 5.92 Å². The van der Waals surface area contributed by atoms with Gasteiger partial charge < -0.3 is 5.32 Å². The zero-order valence-corrected chi connectivity index (χ0v) is 19.8. The average molecular weight is 480 g/mol. The Morgan fingerprint density at radius 3 is 2.52 bits per heavy atom. The molecule has 0 aliphatic carbocycles. The Morgan fingerprint density at radius 2 is 1.79 bits per heavy atom. The molecule has 0 spiro atoms. The van der Waals surface area contributed by atoms with Gasteiger partial charge in [0.15, 0.2) is 5.82 Å². The summed E-state index contributed by atoms with van der Waals surface area (Å²) in [5.74, 6) is 0.862. The van der Waals surface area contributed by atoms with E-state index in [0.717, 1.165) is 17.5 Å². The number of hydrogen-bond donors (Lipinski definition) is 1. The molecule has 0 radical (unpaired) electrons. The number of carbonyl (C=O) groups is 1. The molecule has 168 valence electrons. The predicted octanol–water partition coefficient (Wildman–Crippen LogP) is 5.76. The molecular formula is C25H23Cl2N5O. The molecule has 4 aromatic rings. The molecule has 2 aromatic carbocycles. The molecule has 0 saturated heterocycles. The van der Waals surface area contributed by atoms with E-state index in [4.69, 9.17) is 23.2 Å². The number of nitrogens with zero attached hydrogens (tertiary/aromatic N) is 4. The van der Waals surface area contributed by atoms with Crippen LogP contribution in [0.2, 0.25) is 10.0 Å². The lowest BCUT2D eigenvalue weighted by Crippen LogP contribution is -2.23. The van der Waals surface area contributed by atoms with Crippen molar-refractivity contribution in [3.05, 3.63) is 93.9 Å². The van der Waals surface area contributed by atoms with Gasteiger partial charge in [0.2, 0.25) is 0 Å². The van der Waals surface area contributed by atoms with E-state index < -0.39 is 0 Å². The van der Waals surface area contributed by atoms with Crippen LogP contribution in [-0.4, -0.2) is 25.9 Å². The van der Waals surface area contributed by atoms with Gasteiger partial charge in [-0.3, -0.25) is 4.79 Å². The van der Waals surface area contributed by atoms with Gasteiger partial charge in [0.25, 0.3) is 5.91 Å². The Balaban J connectivity index is 1.45. The van der Waals surface area contributed by atoms with E-state index in [0.29, 0.717) is 33.0 Å². The Bertz CT molecular complexity index is 1270. The van der Waals surface area contributed by atoms with Gasteiger partial charge in [-0.05, 0) is 47.2 Å². The zero-order valence-electron chi connectivity index (χ0n) is 18.3. The van der Waals surface area contributed by atoms with Crippen molar-refractivity contribution >= 4 is 29.1 Å². The second-order valence-corrected chi connectivity index (χ2v) is 9.00. The maximum absolute atomic E-state index is 12.8. The van der Waals surface area contributed by atoms with Crippen molar-refractivity contribution in [2.45, 2.75) is 26.8 Å². The molecule has 0 fully saturated rings. The molecule has 1 N–H and O–H groups in total. The van der Waals surface area contributed by atoms with Crippen LogP contribution in [0.3, 0.4) is 0 Å². The van der Waals surface area contributed by atoms with Crippen LogP contribution in [0.4, 0.5) is 0 Å². The van der Waals surface area contributed by atoms with Gasteiger partial charge in [-0.25, -0.2) is 9.67 Å². The number of pyridine rings is 1. The molecule has 2 heterocycles. The molecule has 6 nitrogen and oxygen atoms in total. The van der Waals surface area contributed by atoms with Gasteiger partial charge in [-0.15, -0.1) is 5.10 Å². The summed E-state index contributed by atoms with van der Waals surface area (Å²) in [5.41, 5.74) is 4.24. The Labute approximate surface area is 202 Å². The van der Waals surface area contributed by atoms with E-state index in [2.05, 4.69) is 58.7 Å². The minimum absolute atomic E-state index is 0.198. The van der Waals surface area contributed by atoms with Crippen LogP contribution in [0, 0.1) is 5.92 Å². The largest absolute Gasteiger partial charge is 0.346 e. The molecule has 0 saturated carbocycles. The molecule has 0 bridgehead atoms. The van der Waals surface area contributed by atoms with Crippen molar-refractivity contribution in [3.8, 4) is 16.9 Å². The highest BCUT2D eigenvalue weighted by molar-refractivity contribution is 6.34. The molecule has 4 rings (SSSR count). The topological polar surface area (TPSA) is 72.7 Å². The Morgan fingerprint density at radius 1 is 1.03 bits per heavy atom. The van der Waals surface area contributed by atoms with E-state index in [-0.39, 0.29) is 12.5 Å².